The van der Waals surface area contributed by atoms with Crippen molar-refractivity contribution in [2.75, 3.05) is 33.2 Å². The van der Waals surface area contributed by atoms with Gasteiger partial charge in [0.05, 0.1) is 34.2 Å². The number of pyridine rings is 1. The van der Waals surface area contributed by atoms with Crippen LogP contribution in [0.25, 0.3) is 22.0 Å². The number of hydrogen-bond acceptors (Lipinski definition) is 5. The number of thioether (sulfide) groups is 1. The van der Waals surface area contributed by atoms with Gasteiger partial charge >= 0.3 is 6.18 Å². The lowest BCUT2D eigenvalue weighted by Gasteiger charge is -2.42. The second-order valence-electron chi connectivity index (χ2n) is 11.5. The van der Waals surface area contributed by atoms with Crippen LogP contribution in [-0.4, -0.2) is 59.5 Å². The number of alkyl halides is 3. The summed E-state index contributed by atoms with van der Waals surface area (Å²) >= 11 is 0.119. The molecule has 0 radical (unpaired) electrons. The van der Waals surface area contributed by atoms with Crippen molar-refractivity contribution in [1.29, 1.82) is 0 Å². The topological polar surface area (TPSA) is 54.8 Å². The van der Waals surface area contributed by atoms with Gasteiger partial charge in [-0.25, -0.2) is 8.78 Å². The minimum Gasteiger partial charge on any atom is -0.383 e. The van der Waals surface area contributed by atoms with E-state index < -0.39 is 108 Å². The SMILES string of the molecule is [2H]C([2H])(CN1C([2H])([2H])C([2H])([2H])C([2H])(N(C(=O)Cn2c(SC([2H])([2H])c3cccc(F)c3F)cc(=O)c3ccccc32)C([2H])(C)c2ccc(-c3ccc(C(F)(F)F)cc3)cc2)C([2H])([2H])C1([2H])[2H])OC. The van der Waals surface area contributed by atoms with Gasteiger partial charge in [-0.15, -0.1) is 11.8 Å². The average Bonchev–Trinajstić information content (AvgIpc) is 3.24. The Kier molecular flexibility index (Phi) is 7.54. The van der Waals surface area contributed by atoms with Gasteiger partial charge in [0.15, 0.2) is 17.1 Å². The number of aromatic nitrogens is 1. The molecule has 1 aromatic heterocycles. The number of para-hydroxylation sites is 1. The smallest absolute Gasteiger partial charge is 0.383 e. The van der Waals surface area contributed by atoms with Crippen LogP contribution in [0.15, 0.2) is 107 Å². The minimum atomic E-state index is -4.66. The molecule has 278 valence electrons. The molecule has 53 heavy (non-hydrogen) atoms. The summed E-state index contributed by atoms with van der Waals surface area (Å²) in [6.45, 7) is -12.7. The normalized spacial score (nSPS) is 24.2. The van der Waals surface area contributed by atoms with Crippen molar-refractivity contribution in [3.05, 3.63) is 136 Å². The second-order valence-corrected chi connectivity index (χ2v) is 12.3. The summed E-state index contributed by atoms with van der Waals surface area (Å²) in [5.41, 5.74) is -5.48. The minimum absolute atomic E-state index is 0.0344. The highest BCUT2D eigenvalue weighted by Gasteiger charge is 2.33. The van der Waals surface area contributed by atoms with Crippen molar-refractivity contribution < 1.29 is 50.7 Å². The molecule has 1 aliphatic rings. The zero-order chi connectivity index (χ0) is 50.3. The number of methoxy groups -OCH3 is 1. The van der Waals surface area contributed by atoms with Gasteiger partial charge in [-0.2, -0.15) is 13.2 Å². The molecule has 0 saturated carbocycles. The van der Waals surface area contributed by atoms with E-state index in [4.69, 9.17) is 15.7 Å². The number of likely N-dealkylation sites (tertiary alicyclic amines) is 1. The van der Waals surface area contributed by atoms with Crippen molar-refractivity contribution in [2.24, 2.45) is 0 Å². The van der Waals surface area contributed by atoms with Gasteiger partial charge < -0.3 is 19.1 Å². The van der Waals surface area contributed by atoms with Crippen molar-refractivity contribution in [3.63, 3.8) is 0 Å². The van der Waals surface area contributed by atoms with Crippen LogP contribution >= 0.6 is 11.8 Å². The molecule has 1 aliphatic heterocycles. The standard InChI is InChI=1S/C41H40F5N3O3S/c1-27(28-10-12-29(13-11-28)30-14-16-32(17-15-30)41(44,45)46)49(33-18-20-47(21-19-33)22-23-52-2)38(51)25-48-36-9-4-3-7-34(36)37(50)24-39(48)53-26-31-6-5-8-35(42)40(31)43/h3-17,24,27,33H,18-23,25-26H2,1-2H3/i18D2,19D2,20D2,21D2,23D2,26D2,27D,33D. The van der Waals surface area contributed by atoms with Crippen LogP contribution in [0.2, 0.25) is 0 Å². The van der Waals surface area contributed by atoms with E-state index in [2.05, 4.69) is 0 Å². The van der Waals surface area contributed by atoms with Gasteiger partial charge in [0.1, 0.15) is 6.54 Å². The predicted octanol–water partition coefficient (Wildman–Crippen LogP) is 8.96. The zero-order valence-electron chi connectivity index (χ0n) is 42.0. The van der Waals surface area contributed by atoms with E-state index in [0.717, 1.165) is 79.3 Å². The number of benzene rings is 4. The number of hydrogen-bond donors (Lipinski definition) is 0. The molecular formula is C41H40F5N3O3S. The summed E-state index contributed by atoms with van der Waals surface area (Å²) in [5, 5.41) is -0.582. The number of carbonyl (C=O) groups excluding carboxylic acids is 1. The van der Waals surface area contributed by atoms with Gasteiger partial charge in [0.25, 0.3) is 0 Å². The van der Waals surface area contributed by atoms with E-state index >= 15 is 9.18 Å². The molecule has 1 saturated heterocycles. The third-order valence-electron chi connectivity index (χ3n) is 8.13. The quantitative estimate of drug-likeness (QED) is 0.0939. The highest BCUT2D eigenvalue weighted by Crippen LogP contribution is 2.34. The van der Waals surface area contributed by atoms with Crippen molar-refractivity contribution in [2.45, 2.75) is 55.2 Å². The van der Waals surface area contributed by atoms with E-state index in [9.17, 15) is 30.6 Å². The second kappa shape index (κ2) is 16.7. The monoisotopic (exact) mass is 763 g/mol. The molecule has 12 heteroatoms. The molecule has 0 N–H and O–H groups in total. The molecule has 0 spiro atoms. The lowest BCUT2D eigenvalue weighted by Crippen LogP contribution is -2.49. The van der Waals surface area contributed by atoms with Crippen LogP contribution < -0.4 is 5.43 Å². The Balaban J connectivity index is 1.59. The highest BCUT2D eigenvalue weighted by molar-refractivity contribution is 7.98. The number of carbonyl (C=O) groups is 1. The Hall–Kier alpha value is -4.52. The van der Waals surface area contributed by atoms with E-state index in [-0.39, 0.29) is 49.2 Å². The first-order valence-electron chi connectivity index (χ1n) is 22.8. The molecule has 1 unspecified atom stereocenters. The Bertz CT molecular complexity index is 2730. The Morgan fingerprint density at radius 1 is 1.02 bits per heavy atom. The third kappa shape index (κ3) is 8.83. The maximum absolute atomic E-state index is 15.4. The first-order chi connectivity index (χ1) is 30.6. The Morgan fingerprint density at radius 2 is 1.68 bits per heavy atom. The number of rotatable bonds is 12. The van der Waals surface area contributed by atoms with Crippen LogP contribution in [-0.2, 0) is 28.0 Å². The summed E-state index contributed by atoms with van der Waals surface area (Å²) in [6, 6.07) is 10.5. The molecule has 0 bridgehead atoms. The lowest BCUT2D eigenvalue weighted by molar-refractivity contribution is -0.138. The van der Waals surface area contributed by atoms with Crippen LogP contribution in [0, 0.1) is 11.6 Å². The summed E-state index contributed by atoms with van der Waals surface area (Å²) in [5.74, 6) is -4.63. The number of piperidine rings is 1. The fraction of sp³-hybridized carbons (Fsp3) is 0.317. The van der Waals surface area contributed by atoms with Crippen molar-refractivity contribution in [1.82, 2.24) is 14.4 Å². The van der Waals surface area contributed by atoms with Gasteiger partial charge in [0.2, 0.25) is 5.91 Å². The summed E-state index contributed by atoms with van der Waals surface area (Å²) < 4.78 is 202. The average molecular weight is 764 g/mol. The Labute approximate surface area is 328 Å². The molecule has 4 aromatic carbocycles. The fourth-order valence-electron chi connectivity index (χ4n) is 5.43. The van der Waals surface area contributed by atoms with E-state index in [1.165, 1.54) is 36.4 Å². The largest absolute Gasteiger partial charge is 0.416 e. The first-order valence-corrected chi connectivity index (χ1v) is 16.6. The molecule has 2 heterocycles. The Morgan fingerprint density at radius 3 is 2.34 bits per heavy atom. The molecule has 0 aliphatic carbocycles. The zero-order valence-corrected chi connectivity index (χ0v) is 28.8. The van der Waals surface area contributed by atoms with Gasteiger partial charge in [-0.3, -0.25) is 9.59 Å². The molecule has 5 aromatic rings. The third-order valence-corrected chi connectivity index (χ3v) is 9.00. The van der Waals surface area contributed by atoms with Gasteiger partial charge in [-0.1, -0.05) is 60.7 Å². The summed E-state index contributed by atoms with van der Waals surface area (Å²) in [6.07, 6.45) is -12.9. The lowest BCUT2D eigenvalue weighted by atomic mass is 9.96. The number of halogens is 5. The van der Waals surface area contributed by atoms with Gasteiger partial charge in [-0.05, 0) is 66.7 Å². The van der Waals surface area contributed by atoms with E-state index in [1.807, 2.05) is 0 Å². The summed E-state index contributed by atoms with van der Waals surface area (Å²) in [7, 11) is 0.829. The summed E-state index contributed by atoms with van der Waals surface area (Å²) in [4.78, 5) is 28.7. The maximum Gasteiger partial charge on any atom is 0.416 e. The van der Waals surface area contributed by atoms with Crippen LogP contribution in [0.3, 0.4) is 0 Å². The number of nitrogens with zero attached hydrogens (tertiary/aromatic N) is 3. The fourth-order valence-corrected chi connectivity index (χ4v) is 6.24. The molecule has 1 amide bonds. The van der Waals surface area contributed by atoms with Crippen LogP contribution in [0.5, 0.6) is 0 Å². The highest BCUT2D eigenvalue weighted by atomic mass is 32.2. The van der Waals surface area contributed by atoms with Crippen LogP contribution in [0.4, 0.5) is 22.0 Å². The maximum atomic E-state index is 15.4. The molecule has 1 fully saturated rings. The van der Waals surface area contributed by atoms with Gasteiger partial charge in [0, 0.05) is 69.1 Å². The molecule has 6 rings (SSSR count). The number of ether oxygens (including phenoxy) is 1. The van der Waals surface area contributed by atoms with E-state index in [0.29, 0.717) is 0 Å². The van der Waals surface area contributed by atoms with Crippen molar-refractivity contribution in [3.8, 4) is 11.1 Å². The first kappa shape index (κ1) is 24.0. The van der Waals surface area contributed by atoms with E-state index in [1.54, 1.807) is 0 Å². The predicted molar refractivity (Wildman–Crippen MR) is 198 cm³/mol. The number of fused-ring (bicyclic) bond motifs is 1. The molecular weight excluding hydrogens is 710 g/mol. The van der Waals surface area contributed by atoms with Crippen molar-refractivity contribution >= 4 is 28.6 Å². The molecule has 1 atom stereocenters. The van der Waals surface area contributed by atoms with Crippen LogP contribution in [0.1, 0.15) is 61.6 Å². The molecule has 6 nitrogen and oxygen atoms in total. The number of amides is 1.